The molecule has 0 aromatic rings. The lowest BCUT2D eigenvalue weighted by Crippen LogP contribution is -2.35. The van der Waals surface area contributed by atoms with Crippen LogP contribution in [0.1, 0.15) is 12.8 Å². The molecule has 0 bridgehead atoms. The van der Waals surface area contributed by atoms with E-state index in [0.29, 0.717) is 6.54 Å². The van der Waals surface area contributed by atoms with Gasteiger partial charge in [0.2, 0.25) is 0 Å². The summed E-state index contributed by atoms with van der Waals surface area (Å²) in [5.41, 5.74) is 0. The van der Waals surface area contributed by atoms with Crippen LogP contribution in [0.15, 0.2) is 0 Å². The summed E-state index contributed by atoms with van der Waals surface area (Å²) in [6.45, 7) is 1.18. The van der Waals surface area contributed by atoms with Crippen LogP contribution in [0.3, 0.4) is 0 Å². The fraction of sp³-hybridized carbons (Fsp3) is 1.00. The molecule has 0 aromatic carbocycles. The van der Waals surface area contributed by atoms with Crippen LogP contribution in [0.25, 0.3) is 0 Å². The highest BCUT2D eigenvalue weighted by Gasteiger charge is 2.24. The Labute approximate surface area is 78.1 Å². The van der Waals surface area contributed by atoms with Gasteiger partial charge in [0.05, 0.1) is 12.4 Å². The topological polar surface area (TPSA) is 77.8 Å². The molecule has 0 unspecified atom stereocenters. The van der Waals surface area contributed by atoms with E-state index in [1.807, 2.05) is 4.90 Å². The van der Waals surface area contributed by atoms with Crippen molar-refractivity contribution in [1.82, 2.24) is 4.90 Å². The maximum atomic E-state index is 10.4. The van der Waals surface area contributed by atoms with Gasteiger partial charge in [-0.15, -0.1) is 0 Å². The van der Waals surface area contributed by atoms with Crippen LogP contribution in [0.2, 0.25) is 0 Å². The summed E-state index contributed by atoms with van der Waals surface area (Å²) in [7, 11) is -3.87. The molecule has 1 fully saturated rings. The van der Waals surface area contributed by atoms with Crippen molar-refractivity contribution in [2.24, 2.45) is 0 Å². The highest BCUT2D eigenvalue weighted by atomic mass is 32.2. The predicted molar refractivity (Wildman–Crippen MR) is 48.1 cm³/mol. The van der Waals surface area contributed by atoms with Crippen molar-refractivity contribution in [1.29, 1.82) is 0 Å². The van der Waals surface area contributed by atoms with E-state index in [1.54, 1.807) is 0 Å². The third-order valence-electron chi connectivity index (χ3n) is 2.35. The number of likely N-dealkylation sites (tertiary alicyclic amines) is 1. The van der Waals surface area contributed by atoms with Gasteiger partial charge in [-0.3, -0.25) is 9.45 Å². The Kier molecular flexibility index (Phi) is 3.66. The van der Waals surface area contributed by atoms with E-state index in [9.17, 15) is 8.42 Å². The summed E-state index contributed by atoms with van der Waals surface area (Å²) in [4.78, 5) is 1.90. The molecular weight excluding hydrogens is 194 g/mol. The van der Waals surface area contributed by atoms with Crippen LogP contribution < -0.4 is 0 Å². The molecule has 1 aliphatic rings. The molecule has 0 spiro atoms. The molecule has 6 heteroatoms. The van der Waals surface area contributed by atoms with Crippen LogP contribution >= 0.6 is 0 Å². The van der Waals surface area contributed by atoms with Crippen molar-refractivity contribution in [3.63, 3.8) is 0 Å². The number of aliphatic hydroxyl groups is 1. The van der Waals surface area contributed by atoms with Gasteiger partial charge in [-0.2, -0.15) is 8.42 Å². The summed E-state index contributed by atoms with van der Waals surface area (Å²) >= 11 is 0. The molecule has 2 N–H and O–H groups in total. The molecule has 1 aliphatic heterocycles. The zero-order valence-corrected chi connectivity index (χ0v) is 8.20. The summed E-state index contributed by atoms with van der Waals surface area (Å²) in [6.07, 6.45) is 1.89. The fourth-order valence-electron chi connectivity index (χ4n) is 1.63. The SMILES string of the molecule is O=S(=O)(O)CCN1CCC[C@@H]1CO. The predicted octanol–water partition coefficient (Wildman–Crippen LogP) is -0.669. The first-order valence-electron chi connectivity index (χ1n) is 4.33. The highest BCUT2D eigenvalue weighted by molar-refractivity contribution is 7.85. The first kappa shape index (κ1) is 10.9. The van der Waals surface area contributed by atoms with Crippen molar-refractivity contribution in [3.05, 3.63) is 0 Å². The second-order valence-electron chi connectivity index (χ2n) is 3.30. The largest absolute Gasteiger partial charge is 0.395 e. The summed E-state index contributed by atoms with van der Waals surface area (Å²) in [6, 6.07) is 0.0711. The summed E-state index contributed by atoms with van der Waals surface area (Å²) in [5.74, 6) is -0.247. The van der Waals surface area contributed by atoms with Crippen LogP contribution in [-0.2, 0) is 10.1 Å². The van der Waals surface area contributed by atoms with E-state index in [-0.39, 0.29) is 18.4 Å². The third-order valence-corrected chi connectivity index (χ3v) is 3.04. The minimum atomic E-state index is -3.87. The Morgan fingerprint density at radius 2 is 2.15 bits per heavy atom. The van der Waals surface area contributed by atoms with Crippen molar-refractivity contribution in [2.75, 3.05) is 25.4 Å². The van der Waals surface area contributed by atoms with Crippen molar-refractivity contribution >= 4 is 10.1 Å². The minimum Gasteiger partial charge on any atom is -0.395 e. The molecule has 1 rings (SSSR count). The van der Waals surface area contributed by atoms with E-state index in [2.05, 4.69) is 0 Å². The van der Waals surface area contributed by atoms with Gasteiger partial charge in [-0.1, -0.05) is 0 Å². The Morgan fingerprint density at radius 3 is 2.69 bits per heavy atom. The maximum absolute atomic E-state index is 10.4. The molecular formula is C7H15NO4S. The van der Waals surface area contributed by atoms with E-state index in [1.165, 1.54) is 0 Å². The van der Waals surface area contributed by atoms with Crippen molar-refractivity contribution in [3.8, 4) is 0 Å². The molecule has 1 heterocycles. The molecule has 5 nitrogen and oxygen atoms in total. The van der Waals surface area contributed by atoms with Crippen LogP contribution in [0, 0.1) is 0 Å². The smallest absolute Gasteiger partial charge is 0.266 e. The van der Waals surface area contributed by atoms with Crippen LogP contribution in [0.4, 0.5) is 0 Å². The van der Waals surface area contributed by atoms with Crippen LogP contribution in [-0.4, -0.2) is 54.5 Å². The van der Waals surface area contributed by atoms with E-state index < -0.39 is 10.1 Å². The molecule has 0 aromatic heterocycles. The first-order valence-corrected chi connectivity index (χ1v) is 5.94. The molecule has 13 heavy (non-hydrogen) atoms. The summed E-state index contributed by atoms with van der Waals surface area (Å²) < 4.78 is 29.4. The van der Waals surface area contributed by atoms with Gasteiger partial charge in [0, 0.05) is 12.6 Å². The van der Waals surface area contributed by atoms with Gasteiger partial charge in [-0.25, -0.2) is 0 Å². The van der Waals surface area contributed by atoms with Crippen LogP contribution in [0.5, 0.6) is 0 Å². The zero-order valence-electron chi connectivity index (χ0n) is 7.39. The summed E-state index contributed by atoms with van der Waals surface area (Å²) in [5, 5.41) is 8.91. The monoisotopic (exact) mass is 209 g/mol. The molecule has 1 atom stereocenters. The number of aliphatic hydroxyl groups excluding tert-OH is 1. The standard InChI is InChI=1S/C7H15NO4S/c9-6-7-2-1-3-8(7)4-5-13(10,11)12/h7,9H,1-6H2,(H,10,11,12)/t7-/m1/s1. The average Bonchev–Trinajstić information content (AvgIpc) is 2.46. The molecule has 78 valence electrons. The minimum absolute atomic E-state index is 0.0610. The maximum Gasteiger partial charge on any atom is 0.266 e. The Morgan fingerprint density at radius 1 is 1.46 bits per heavy atom. The van der Waals surface area contributed by atoms with Crippen molar-refractivity contribution in [2.45, 2.75) is 18.9 Å². The van der Waals surface area contributed by atoms with Gasteiger partial charge in [-0.05, 0) is 19.4 Å². The molecule has 0 saturated carbocycles. The lowest BCUT2D eigenvalue weighted by molar-refractivity contribution is 0.164. The molecule has 0 radical (unpaired) electrons. The van der Waals surface area contributed by atoms with Gasteiger partial charge < -0.3 is 5.11 Å². The Bertz CT molecular complexity index is 251. The lowest BCUT2D eigenvalue weighted by Gasteiger charge is -2.21. The van der Waals surface area contributed by atoms with E-state index in [0.717, 1.165) is 19.4 Å². The van der Waals surface area contributed by atoms with Gasteiger partial charge in [0.1, 0.15) is 0 Å². The number of rotatable bonds is 4. The lowest BCUT2D eigenvalue weighted by atomic mass is 10.2. The normalized spacial score (nSPS) is 25.2. The van der Waals surface area contributed by atoms with Crippen molar-refractivity contribution < 1.29 is 18.1 Å². The Hall–Kier alpha value is -0.170. The first-order chi connectivity index (χ1) is 6.03. The van der Waals surface area contributed by atoms with E-state index >= 15 is 0 Å². The Balaban J connectivity index is 2.36. The third kappa shape index (κ3) is 3.60. The quantitative estimate of drug-likeness (QED) is 0.600. The molecule has 0 amide bonds. The molecule has 1 saturated heterocycles. The number of hydrogen-bond donors (Lipinski definition) is 2. The number of nitrogens with zero attached hydrogens (tertiary/aromatic N) is 1. The molecule has 0 aliphatic carbocycles. The average molecular weight is 209 g/mol. The van der Waals surface area contributed by atoms with E-state index in [4.69, 9.17) is 9.66 Å². The number of hydrogen-bond acceptors (Lipinski definition) is 4. The second kappa shape index (κ2) is 4.36. The second-order valence-corrected chi connectivity index (χ2v) is 4.87. The van der Waals surface area contributed by atoms with Gasteiger partial charge in [0.25, 0.3) is 10.1 Å². The fourth-order valence-corrected chi connectivity index (χ4v) is 2.09. The zero-order chi connectivity index (χ0) is 9.90. The van der Waals surface area contributed by atoms with Gasteiger partial charge in [0.15, 0.2) is 0 Å². The van der Waals surface area contributed by atoms with Gasteiger partial charge >= 0.3 is 0 Å². The highest BCUT2D eigenvalue weighted by Crippen LogP contribution is 2.15.